The summed E-state index contributed by atoms with van der Waals surface area (Å²) in [4.78, 5) is 23.4. The van der Waals surface area contributed by atoms with E-state index in [1.54, 1.807) is 38.5 Å². The molecule has 0 saturated heterocycles. The van der Waals surface area contributed by atoms with Crippen LogP contribution in [-0.2, 0) is 10.5 Å². The van der Waals surface area contributed by atoms with Crippen LogP contribution < -0.4 is 14.2 Å². The first-order chi connectivity index (χ1) is 15.0. The first-order valence-electron chi connectivity index (χ1n) is 9.98. The second kappa shape index (κ2) is 12.7. The van der Waals surface area contributed by atoms with Gasteiger partial charge in [-0.25, -0.2) is 0 Å². The lowest BCUT2D eigenvalue weighted by atomic mass is 10.1. The minimum atomic E-state index is -0.878. The number of carboxylic acid groups (broad SMARTS) is 1. The van der Waals surface area contributed by atoms with E-state index in [9.17, 15) is 9.59 Å². The normalized spacial score (nSPS) is 10.8. The van der Waals surface area contributed by atoms with E-state index in [0.29, 0.717) is 35.2 Å². The van der Waals surface area contributed by atoms with Gasteiger partial charge in [0.1, 0.15) is 5.75 Å². The Morgan fingerprint density at radius 3 is 2.45 bits per heavy atom. The van der Waals surface area contributed by atoms with Crippen LogP contribution in [0.5, 0.6) is 17.2 Å². The van der Waals surface area contributed by atoms with Gasteiger partial charge in [-0.3, -0.25) is 9.59 Å². The van der Waals surface area contributed by atoms with Crippen molar-refractivity contribution in [1.29, 1.82) is 0 Å². The maximum Gasteiger partial charge on any atom is 0.313 e. The number of hydrogen-bond donors (Lipinski definition) is 1. The molecule has 0 saturated carbocycles. The van der Waals surface area contributed by atoms with Crippen LogP contribution >= 0.6 is 11.8 Å². The third-order valence-electron chi connectivity index (χ3n) is 4.42. The van der Waals surface area contributed by atoms with E-state index in [1.807, 2.05) is 18.2 Å². The van der Waals surface area contributed by atoms with E-state index in [2.05, 4.69) is 6.92 Å². The number of unbranched alkanes of at least 4 members (excludes halogenated alkanes) is 1. The molecule has 0 unspecified atom stereocenters. The molecule has 0 atom stereocenters. The van der Waals surface area contributed by atoms with Crippen LogP contribution in [0, 0.1) is 0 Å². The smallest absolute Gasteiger partial charge is 0.313 e. The average molecular weight is 445 g/mol. The van der Waals surface area contributed by atoms with Crippen LogP contribution in [0.1, 0.15) is 41.3 Å². The van der Waals surface area contributed by atoms with Gasteiger partial charge in [-0.15, -0.1) is 11.8 Å². The summed E-state index contributed by atoms with van der Waals surface area (Å²) in [5, 5.41) is 8.82. The van der Waals surface area contributed by atoms with Crippen molar-refractivity contribution >= 4 is 29.6 Å². The highest BCUT2D eigenvalue weighted by Gasteiger charge is 2.10. The minimum Gasteiger partial charge on any atom is -0.496 e. The van der Waals surface area contributed by atoms with Crippen molar-refractivity contribution in [1.82, 2.24) is 0 Å². The Kier molecular flexibility index (Phi) is 9.97. The monoisotopic (exact) mass is 444 g/mol. The predicted molar refractivity (Wildman–Crippen MR) is 124 cm³/mol. The highest BCUT2D eigenvalue weighted by atomic mass is 32.2. The van der Waals surface area contributed by atoms with Gasteiger partial charge in [0, 0.05) is 16.9 Å². The molecule has 0 radical (unpaired) electrons. The minimum absolute atomic E-state index is 0.0125. The number of carbonyl (C=O) groups is 2. The molecular weight excluding hydrogens is 416 g/mol. The number of methoxy groups -OCH3 is 2. The Hall–Kier alpha value is -2.93. The first-order valence-corrected chi connectivity index (χ1v) is 11.1. The number of allylic oxidation sites excluding steroid dienone is 1. The van der Waals surface area contributed by atoms with Gasteiger partial charge < -0.3 is 19.3 Å². The van der Waals surface area contributed by atoms with Crippen LogP contribution in [-0.4, -0.2) is 43.4 Å². The second-order valence-electron chi connectivity index (χ2n) is 6.72. The molecule has 0 fully saturated rings. The number of thioether (sulfide) groups is 1. The zero-order valence-electron chi connectivity index (χ0n) is 18.1. The van der Waals surface area contributed by atoms with E-state index in [-0.39, 0.29) is 11.5 Å². The Labute approximate surface area is 187 Å². The average Bonchev–Trinajstić information content (AvgIpc) is 2.77. The third kappa shape index (κ3) is 7.68. The summed E-state index contributed by atoms with van der Waals surface area (Å²) in [5.41, 5.74) is 2.12. The molecule has 0 bridgehead atoms. The molecule has 0 amide bonds. The summed E-state index contributed by atoms with van der Waals surface area (Å²) in [7, 11) is 3.14. The molecule has 6 nitrogen and oxygen atoms in total. The van der Waals surface area contributed by atoms with E-state index in [0.717, 1.165) is 24.0 Å². The number of aliphatic carboxylic acids is 1. The van der Waals surface area contributed by atoms with E-state index < -0.39 is 5.97 Å². The molecular formula is C24H28O6S. The molecule has 2 aromatic rings. The quantitative estimate of drug-likeness (QED) is 0.262. The molecule has 0 aliphatic heterocycles. The van der Waals surface area contributed by atoms with Crippen molar-refractivity contribution in [2.75, 3.05) is 26.6 Å². The van der Waals surface area contributed by atoms with Crippen molar-refractivity contribution < 1.29 is 28.9 Å². The Morgan fingerprint density at radius 2 is 1.77 bits per heavy atom. The number of carboxylic acids is 1. The SMILES string of the molecule is CCCCOc1cc(/C=C/C(=O)c2ccc(OC)c(CSCC(=O)O)c2)ccc1OC. The molecule has 0 aliphatic carbocycles. The Balaban J connectivity index is 2.14. The van der Waals surface area contributed by atoms with Crippen LogP contribution in [0.15, 0.2) is 42.5 Å². The van der Waals surface area contributed by atoms with Gasteiger partial charge in [0.2, 0.25) is 0 Å². The lowest BCUT2D eigenvalue weighted by Gasteiger charge is -2.11. The van der Waals surface area contributed by atoms with Gasteiger partial charge >= 0.3 is 5.97 Å². The number of carbonyl (C=O) groups excluding carboxylic acids is 1. The van der Waals surface area contributed by atoms with Gasteiger partial charge in [-0.2, -0.15) is 0 Å². The highest BCUT2D eigenvalue weighted by molar-refractivity contribution is 7.99. The fraction of sp³-hybridized carbons (Fsp3) is 0.333. The van der Waals surface area contributed by atoms with Crippen LogP contribution in [0.25, 0.3) is 6.08 Å². The van der Waals surface area contributed by atoms with Gasteiger partial charge in [0.05, 0.1) is 26.6 Å². The number of ketones is 1. The lowest BCUT2D eigenvalue weighted by Crippen LogP contribution is -2.01. The fourth-order valence-electron chi connectivity index (χ4n) is 2.80. The van der Waals surface area contributed by atoms with Crippen molar-refractivity contribution in [3.8, 4) is 17.2 Å². The molecule has 0 spiro atoms. The number of benzene rings is 2. The molecule has 0 aromatic heterocycles. The summed E-state index contributed by atoms with van der Waals surface area (Å²) >= 11 is 1.25. The van der Waals surface area contributed by atoms with Crippen LogP contribution in [0.4, 0.5) is 0 Å². The van der Waals surface area contributed by atoms with Crippen LogP contribution in [0.3, 0.4) is 0 Å². The predicted octanol–water partition coefficient (Wildman–Crippen LogP) is 5.10. The highest BCUT2D eigenvalue weighted by Crippen LogP contribution is 2.29. The van der Waals surface area contributed by atoms with E-state index in [4.69, 9.17) is 19.3 Å². The van der Waals surface area contributed by atoms with Crippen molar-refractivity contribution in [2.45, 2.75) is 25.5 Å². The number of rotatable bonds is 13. The molecule has 31 heavy (non-hydrogen) atoms. The number of ether oxygens (including phenoxy) is 3. The van der Waals surface area contributed by atoms with E-state index >= 15 is 0 Å². The molecule has 2 rings (SSSR count). The molecule has 0 aliphatic rings. The van der Waals surface area contributed by atoms with Crippen LogP contribution in [0.2, 0.25) is 0 Å². The largest absolute Gasteiger partial charge is 0.496 e. The molecule has 166 valence electrons. The molecule has 1 N–H and O–H groups in total. The zero-order chi connectivity index (χ0) is 22.6. The van der Waals surface area contributed by atoms with Gasteiger partial charge in [-0.1, -0.05) is 25.5 Å². The standard InChI is InChI=1S/C24H28O6S/c1-4-5-12-30-23-13-17(7-10-22(23)29-3)6-9-20(25)18-8-11-21(28-2)19(14-18)15-31-16-24(26)27/h6-11,13-14H,4-5,12,15-16H2,1-3H3,(H,26,27)/b9-6+. The number of hydrogen-bond acceptors (Lipinski definition) is 6. The van der Waals surface area contributed by atoms with Gasteiger partial charge in [0.25, 0.3) is 0 Å². The maximum atomic E-state index is 12.7. The van der Waals surface area contributed by atoms with E-state index in [1.165, 1.54) is 17.8 Å². The summed E-state index contributed by atoms with van der Waals surface area (Å²) < 4.78 is 16.5. The Morgan fingerprint density at radius 1 is 1.03 bits per heavy atom. The summed E-state index contributed by atoms with van der Waals surface area (Å²) in [5.74, 6) is 1.32. The molecule has 0 heterocycles. The van der Waals surface area contributed by atoms with Gasteiger partial charge in [0.15, 0.2) is 17.3 Å². The topological polar surface area (TPSA) is 82.1 Å². The summed E-state index contributed by atoms with van der Waals surface area (Å²) in [6.07, 6.45) is 5.23. The second-order valence-corrected chi connectivity index (χ2v) is 7.71. The third-order valence-corrected chi connectivity index (χ3v) is 5.38. The fourth-order valence-corrected chi connectivity index (χ4v) is 3.52. The lowest BCUT2D eigenvalue weighted by molar-refractivity contribution is -0.133. The van der Waals surface area contributed by atoms with Crippen molar-refractivity contribution in [3.63, 3.8) is 0 Å². The Bertz CT molecular complexity index is 922. The summed E-state index contributed by atoms with van der Waals surface area (Å²) in [6.45, 7) is 2.70. The van der Waals surface area contributed by atoms with Gasteiger partial charge in [-0.05, 0) is 48.4 Å². The maximum absolute atomic E-state index is 12.7. The summed E-state index contributed by atoms with van der Waals surface area (Å²) in [6, 6.07) is 10.7. The first kappa shape index (κ1) is 24.3. The molecule has 7 heteroatoms. The molecule has 2 aromatic carbocycles. The zero-order valence-corrected chi connectivity index (χ0v) is 18.9. The van der Waals surface area contributed by atoms with Crippen molar-refractivity contribution in [2.24, 2.45) is 0 Å². The van der Waals surface area contributed by atoms with Crippen molar-refractivity contribution in [3.05, 3.63) is 59.2 Å².